The number of aromatic hydroxyl groups is 1. The number of hydrogen-bond donors (Lipinski definition) is 1. The van der Waals surface area contributed by atoms with Crippen LogP contribution in [0.2, 0.25) is 0 Å². The van der Waals surface area contributed by atoms with Gasteiger partial charge in [-0.3, -0.25) is 0 Å². The average Bonchev–Trinajstić information content (AvgIpc) is 3.16. The van der Waals surface area contributed by atoms with E-state index in [0.29, 0.717) is 13.2 Å². The molecule has 53 heavy (non-hydrogen) atoms. The van der Waals surface area contributed by atoms with Crippen LogP contribution in [0.4, 0.5) is 0 Å². The maximum atomic E-state index is 10.2. The molecule has 1 rings (SSSR count). The smallest absolute Gasteiger partial charge is 0.126 e. The zero-order valence-corrected chi connectivity index (χ0v) is 36.2. The van der Waals surface area contributed by atoms with Crippen LogP contribution in [0.15, 0.2) is 18.2 Å². The maximum absolute atomic E-state index is 10.2. The SMILES string of the molecule is CCCCCCCCCCCCCCCCCCCCCCOc1cc(O)cc(OCCCCCCCCCCCCCCCCCCCCCC)c1. The van der Waals surface area contributed by atoms with Crippen molar-refractivity contribution in [1.82, 2.24) is 0 Å². The summed E-state index contributed by atoms with van der Waals surface area (Å²) in [7, 11) is 0. The Kier molecular flexibility index (Phi) is 39.1. The van der Waals surface area contributed by atoms with Crippen molar-refractivity contribution in [3.8, 4) is 17.2 Å². The highest BCUT2D eigenvalue weighted by Crippen LogP contribution is 2.27. The van der Waals surface area contributed by atoms with E-state index in [9.17, 15) is 5.11 Å². The predicted molar refractivity (Wildman–Crippen MR) is 235 cm³/mol. The average molecular weight is 743 g/mol. The van der Waals surface area contributed by atoms with Crippen LogP contribution >= 0.6 is 0 Å². The fourth-order valence-corrected chi connectivity index (χ4v) is 7.82. The van der Waals surface area contributed by atoms with Gasteiger partial charge in [-0.25, -0.2) is 0 Å². The predicted octanol–water partition coefficient (Wildman–Crippen LogP) is 17.8. The number of hydrogen-bond acceptors (Lipinski definition) is 3. The van der Waals surface area contributed by atoms with Crippen LogP contribution in [0, 0.1) is 0 Å². The van der Waals surface area contributed by atoms with Gasteiger partial charge in [-0.2, -0.15) is 0 Å². The molecular weight excluding hydrogens is 649 g/mol. The Hall–Kier alpha value is -1.38. The second-order valence-electron chi connectivity index (χ2n) is 16.8. The van der Waals surface area contributed by atoms with Gasteiger partial charge in [0.15, 0.2) is 0 Å². The first-order chi connectivity index (χ1) is 26.3. The summed E-state index contributed by atoms with van der Waals surface area (Å²) in [6.45, 7) is 6.02. The molecule has 0 fully saturated rings. The number of phenolic OH excluding ortho intramolecular Hbond substituents is 1. The number of benzene rings is 1. The van der Waals surface area contributed by atoms with Crippen molar-refractivity contribution in [2.45, 2.75) is 271 Å². The van der Waals surface area contributed by atoms with Crippen molar-refractivity contribution in [1.29, 1.82) is 0 Å². The third kappa shape index (κ3) is 37.3. The summed E-state index contributed by atoms with van der Waals surface area (Å²) in [4.78, 5) is 0. The number of rotatable bonds is 44. The van der Waals surface area contributed by atoms with Crippen LogP contribution in [-0.4, -0.2) is 18.3 Å². The molecule has 312 valence electrons. The van der Waals surface area contributed by atoms with Crippen molar-refractivity contribution in [3.05, 3.63) is 18.2 Å². The molecule has 0 aromatic heterocycles. The Labute approximate surface area is 333 Å². The zero-order valence-electron chi connectivity index (χ0n) is 36.2. The minimum absolute atomic E-state index is 0.226. The molecule has 1 aromatic rings. The second kappa shape index (κ2) is 41.8. The van der Waals surface area contributed by atoms with Crippen LogP contribution in [0.1, 0.15) is 271 Å². The first-order valence-corrected chi connectivity index (χ1v) is 24.4. The molecule has 0 atom stereocenters. The Morgan fingerprint density at radius 2 is 0.472 bits per heavy atom. The zero-order chi connectivity index (χ0) is 38.0. The van der Waals surface area contributed by atoms with Crippen LogP contribution < -0.4 is 9.47 Å². The molecule has 0 amide bonds. The van der Waals surface area contributed by atoms with Gasteiger partial charge in [-0.05, 0) is 12.8 Å². The molecule has 0 saturated heterocycles. The van der Waals surface area contributed by atoms with E-state index in [1.54, 1.807) is 12.1 Å². The van der Waals surface area contributed by atoms with Gasteiger partial charge >= 0.3 is 0 Å². The molecule has 0 aliphatic carbocycles. The normalized spacial score (nSPS) is 11.4. The molecule has 0 unspecified atom stereocenters. The molecule has 1 N–H and O–H groups in total. The van der Waals surface area contributed by atoms with Gasteiger partial charge in [0.1, 0.15) is 17.2 Å². The second-order valence-corrected chi connectivity index (χ2v) is 16.8. The van der Waals surface area contributed by atoms with E-state index in [-0.39, 0.29) is 5.75 Å². The summed E-state index contributed by atoms with van der Waals surface area (Å²) in [6.07, 6.45) is 55.8. The molecule has 0 bridgehead atoms. The van der Waals surface area contributed by atoms with Gasteiger partial charge in [-0.1, -0.05) is 258 Å². The standard InChI is InChI=1S/C50H94O3/c1-3-5-7-9-11-13-15-17-19-21-23-25-27-29-31-33-35-37-39-41-43-52-49-45-48(51)46-50(47-49)53-44-42-40-38-36-34-32-30-28-26-24-22-20-18-16-14-12-10-8-6-4-2/h45-47,51H,3-44H2,1-2H3. The summed E-state index contributed by atoms with van der Waals surface area (Å²) in [5.41, 5.74) is 0. The molecule has 0 radical (unpaired) electrons. The molecule has 0 spiro atoms. The van der Waals surface area contributed by atoms with Crippen molar-refractivity contribution < 1.29 is 14.6 Å². The van der Waals surface area contributed by atoms with Crippen molar-refractivity contribution >= 4 is 0 Å². The van der Waals surface area contributed by atoms with Gasteiger partial charge < -0.3 is 14.6 Å². The lowest BCUT2D eigenvalue weighted by Gasteiger charge is -2.11. The van der Waals surface area contributed by atoms with Crippen LogP contribution in [0.25, 0.3) is 0 Å². The van der Waals surface area contributed by atoms with Crippen molar-refractivity contribution in [3.63, 3.8) is 0 Å². The molecule has 0 aliphatic heterocycles. The quantitative estimate of drug-likeness (QED) is 0.0677. The van der Waals surface area contributed by atoms with E-state index in [2.05, 4.69) is 13.8 Å². The highest BCUT2D eigenvalue weighted by atomic mass is 16.5. The lowest BCUT2D eigenvalue weighted by molar-refractivity contribution is 0.287. The van der Waals surface area contributed by atoms with E-state index in [0.717, 1.165) is 24.3 Å². The lowest BCUT2D eigenvalue weighted by atomic mass is 10.0. The summed E-state index contributed by atoms with van der Waals surface area (Å²) >= 11 is 0. The van der Waals surface area contributed by atoms with Gasteiger partial charge in [0.05, 0.1) is 13.2 Å². The number of ether oxygens (including phenoxy) is 2. The third-order valence-electron chi connectivity index (χ3n) is 11.4. The van der Waals surface area contributed by atoms with E-state index in [1.807, 2.05) is 6.07 Å². The first-order valence-electron chi connectivity index (χ1n) is 24.4. The summed E-state index contributed by atoms with van der Waals surface area (Å²) < 4.78 is 11.9. The molecule has 0 saturated carbocycles. The largest absolute Gasteiger partial charge is 0.508 e. The van der Waals surface area contributed by atoms with Crippen LogP contribution in [-0.2, 0) is 0 Å². The number of phenols is 1. The Morgan fingerprint density at radius 3 is 0.679 bits per heavy atom. The lowest BCUT2D eigenvalue weighted by Crippen LogP contribution is -2.00. The van der Waals surface area contributed by atoms with E-state index in [4.69, 9.17) is 9.47 Å². The summed E-state index contributed by atoms with van der Waals surface area (Å²) in [5.74, 6) is 1.67. The van der Waals surface area contributed by atoms with E-state index >= 15 is 0 Å². The van der Waals surface area contributed by atoms with Crippen molar-refractivity contribution in [2.24, 2.45) is 0 Å². The van der Waals surface area contributed by atoms with Crippen molar-refractivity contribution in [2.75, 3.05) is 13.2 Å². The fraction of sp³-hybridized carbons (Fsp3) is 0.880. The molecule has 3 heteroatoms. The molecule has 1 aromatic carbocycles. The van der Waals surface area contributed by atoms with Gasteiger partial charge in [0, 0.05) is 18.2 Å². The van der Waals surface area contributed by atoms with Gasteiger partial charge in [0.25, 0.3) is 0 Å². The molecule has 3 nitrogen and oxygen atoms in total. The Balaban J connectivity index is 1.84. The van der Waals surface area contributed by atoms with E-state index in [1.165, 1.54) is 244 Å². The molecular formula is C50H94O3. The Bertz CT molecular complexity index is 774. The highest BCUT2D eigenvalue weighted by Gasteiger charge is 2.04. The first kappa shape index (κ1) is 49.6. The van der Waals surface area contributed by atoms with Crippen LogP contribution in [0.3, 0.4) is 0 Å². The monoisotopic (exact) mass is 743 g/mol. The summed E-state index contributed by atoms with van der Waals surface area (Å²) in [5, 5.41) is 10.2. The topological polar surface area (TPSA) is 38.7 Å². The minimum Gasteiger partial charge on any atom is -0.508 e. The minimum atomic E-state index is 0.226. The fourth-order valence-electron chi connectivity index (χ4n) is 7.82. The molecule has 0 aliphatic rings. The third-order valence-corrected chi connectivity index (χ3v) is 11.4. The number of unbranched alkanes of at least 4 members (excludes halogenated alkanes) is 38. The van der Waals surface area contributed by atoms with Crippen LogP contribution in [0.5, 0.6) is 17.2 Å². The Morgan fingerprint density at radius 1 is 0.283 bits per heavy atom. The summed E-state index contributed by atoms with van der Waals surface area (Å²) in [6, 6.07) is 5.36. The maximum Gasteiger partial charge on any atom is 0.126 e. The molecule has 0 heterocycles. The van der Waals surface area contributed by atoms with E-state index < -0.39 is 0 Å². The van der Waals surface area contributed by atoms with Gasteiger partial charge in [-0.15, -0.1) is 0 Å². The highest BCUT2D eigenvalue weighted by molar-refractivity contribution is 5.41. The van der Waals surface area contributed by atoms with Gasteiger partial charge in [0.2, 0.25) is 0 Å².